The van der Waals surface area contributed by atoms with Crippen LogP contribution in [0.1, 0.15) is 0 Å². The fourth-order valence-electron chi connectivity index (χ4n) is 0.604. The highest BCUT2D eigenvalue weighted by Gasteiger charge is 1.95. The van der Waals surface area contributed by atoms with Crippen LogP contribution >= 0.6 is 33.8 Å². The molecule has 1 rings (SSSR count). The summed E-state index contributed by atoms with van der Waals surface area (Å²) in [7, 11) is 5.07. The first-order chi connectivity index (χ1) is 5.83. The van der Waals surface area contributed by atoms with Crippen LogP contribution in [0.2, 0.25) is 0 Å². The molecular formula is C8H9NS3. The molecule has 1 nitrogen and oxygen atoms in total. The lowest BCUT2D eigenvalue weighted by Crippen LogP contribution is -2.09. The molecule has 0 aromatic heterocycles. The largest absolute Gasteiger partial charge is 0.373 e. The van der Waals surface area contributed by atoms with E-state index < -0.39 is 0 Å². The van der Waals surface area contributed by atoms with Crippen molar-refractivity contribution in [2.24, 2.45) is 0 Å². The number of hydrogen-bond acceptors (Lipinski definition) is 3. The zero-order chi connectivity index (χ0) is 8.81. The van der Waals surface area contributed by atoms with Crippen LogP contribution in [0.3, 0.4) is 0 Å². The van der Waals surface area contributed by atoms with Crippen molar-refractivity contribution in [3.05, 3.63) is 30.3 Å². The Hall–Kier alpha value is -0.190. The molecule has 0 unspecified atom stereocenters. The first-order valence-corrected chi connectivity index (χ1v) is 6.00. The average Bonchev–Trinajstić information content (AvgIpc) is 2.16. The Bertz CT molecular complexity index is 248. The lowest BCUT2D eigenvalue weighted by Gasteiger charge is -2.00. The molecular weight excluding hydrogens is 206 g/mol. The molecule has 0 aliphatic carbocycles. The maximum Gasteiger partial charge on any atom is 0.144 e. The van der Waals surface area contributed by atoms with Crippen molar-refractivity contribution in [3.63, 3.8) is 0 Å². The van der Waals surface area contributed by atoms with Crippen molar-refractivity contribution in [2.45, 2.75) is 4.90 Å². The second-order valence-electron chi connectivity index (χ2n) is 2.02. The summed E-state index contributed by atoms with van der Waals surface area (Å²) >= 11 is 4.99. The van der Waals surface area contributed by atoms with Crippen LogP contribution in [0.4, 0.5) is 0 Å². The standard InChI is InChI=1S/C8H9NS3/c1-9-8(10)12-11-7-5-3-2-4-6-7/h2-6H,1H3,(H,9,10). The number of hydrogen-bond donors (Lipinski definition) is 1. The van der Waals surface area contributed by atoms with E-state index in [1.165, 1.54) is 4.90 Å². The predicted octanol–water partition coefficient (Wildman–Crippen LogP) is 2.93. The Morgan fingerprint density at radius 2 is 2.00 bits per heavy atom. The molecule has 1 aromatic rings. The topological polar surface area (TPSA) is 12.0 Å². The molecule has 12 heavy (non-hydrogen) atoms. The minimum atomic E-state index is 0.809. The van der Waals surface area contributed by atoms with E-state index in [9.17, 15) is 0 Å². The number of rotatable bonds is 2. The van der Waals surface area contributed by atoms with E-state index in [2.05, 4.69) is 17.4 Å². The second-order valence-corrected chi connectivity index (χ2v) is 4.90. The molecule has 64 valence electrons. The molecule has 0 saturated carbocycles. The monoisotopic (exact) mass is 215 g/mol. The van der Waals surface area contributed by atoms with Crippen molar-refractivity contribution >= 4 is 38.1 Å². The van der Waals surface area contributed by atoms with Crippen LogP contribution in [0.5, 0.6) is 0 Å². The minimum Gasteiger partial charge on any atom is -0.373 e. The van der Waals surface area contributed by atoms with Gasteiger partial charge >= 0.3 is 0 Å². The van der Waals surface area contributed by atoms with Crippen LogP contribution in [-0.4, -0.2) is 11.4 Å². The minimum absolute atomic E-state index is 0.809. The summed E-state index contributed by atoms with van der Waals surface area (Å²) in [6, 6.07) is 10.2. The van der Waals surface area contributed by atoms with E-state index in [4.69, 9.17) is 12.2 Å². The van der Waals surface area contributed by atoms with Gasteiger partial charge in [-0.15, -0.1) is 0 Å². The van der Waals surface area contributed by atoms with Crippen LogP contribution in [0.15, 0.2) is 35.2 Å². The van der Waals surface area contributed by atoms with Gasteiger partial charge in [0, 0.05) is 11.9 Å². The molecule has 0 aliphatic heterocycles. The van der Waals surface area contributed by atoms with E-state index in [0.29, 0.717) is 0 Å². The zero-order valence-corrected chi connectivity index (χ0v) is 9.06. The van der Waals surface area contributed by atoms with Gasteiger partial charge in [-0.25, -0.2) is 0 Å². The molecule has 1 N–H and O–H groups in total. The van der Waals surface area contributed by atoms with Gasteiger partial charge in [0.05, 0.1) is 0 Å². The molecule has 0 aliphatic rings. The summed E-state index contributed by atoms with van der Waals surface area (Å²) in [6.07, 6.45) is 0. The molecule has 0 amide bonds. The van der Waals surface area contributed by atoms with Crippen molar-refractivity contribution in [3.8, 4) is 0 Å². The third-order valence-electron chi connectivity index (χ3n) is 1.16. The summed E-state index contributed by atoms with van der Waals surface area (Å²) in [5, 5.41) is 2.91. The second kappa shape index (κ2) is 5.45. The zero-order valence-electron chi connectivity index (χ0n) is 6.61. The third-order valence-corrected chi connectivity index (χ3v) is 4.16. The Labute approximate surface area is 85.7 Å². The first-order valence-electron chi connectivity index (χ1n) is 3.44. The number of thiocarbonyl (C=S) groups is 1. The van der Waals surface area contributed by atoms with Gasteiger partial charge in [-0.05, 0) is 22.9 Å². The van der Waals surface area contributed by atoms with E-state index in [0.717, 1.165) is 4.32 Å². The fourth-order valence-corrected chi connectivity index (χ4v) is 2.53. The highest BCUT2D eigenvalue weighted by atomic mass is 33.1. The maximum atomic E-state index is 4.99. The van der Waals surface area contributed by atoms with Gasteiger partial charge < -0.3 is 5.32 Å². The van der Waals surface area contributed by atoms with Crippen LogP contribution in [0, 0.1) is 0 Å². The van der Waals surface area contributed by atoms with Crippen LogP contribution in [-0.2, 0) is 0 Å². The summed E-state index contributed by atoms with van der Waals surface area (Å²) in [5.41, 5.74) is 0. The average molecular weight is 215 g/mol. The Kier molecular flexibility index (Phi) is 4.50. The molecule has 1 aromatic carbocycles. The van der Waals surface area contributed by atoms with Gasteiger partial charge in [-0.2, -0.15) is 0 Å². The third kappa shape index (κ3) is 3.47. The normalized spacial score (nSPS) is 9.42. The maximum absolute atomic E-state index is 4.99. The summed E-state index contributed by atoms with van der Waals surface area (Å²) in [4.78, 5) is 1.22. The highest BCUT2D eigenvalue weighted by molar-refractivity contribution is 8.83. The summed E-state index contributed by atoms with van der Waals surface area (Å²) in [6.45, 7) is 0. The SMILES string of the molecule is CNC(=S)SSc1ccccc1. The van der Waals surface area contributed by atoms with Crippen molar-refractivity contribution < 1.29 is 0 Å². The van der Waals surface area contributed by atoms with Crippen molar-refractivity contribution in [1.82, 2.24) is 5.32 Å². The van der Waals surface area contributed by atoms with Gasteiger partial charge in [0.15, 0.2) is 0 Å². The summed E-state index contributed by atoms with van der Waals surface area (Å²) < 4.78 is 0.809. The lowest BCUT2D eigenvalue weighted by atomic mass is 10.4. The smallest absolute Gasteiger partial charge is 0.144 e. The molecule has 0 bridgehead atoms. The van der Waals surface area contributed by atoms with E-state index in [1.807, 2.05) is 25.2 Å². The first kappa shape index (κ1) is 9.89. The van der Waals surface area contributed by atoms with E-state index in [1.54, 1.807) is 21.6 Å². The van der Waals surface area contributed by atoms with Crippen LogP contribution in [0.25, 0.3) is 0 Å². The fraction of sp³-hybridized carbons (Fsp3) is 0.125. The van der Waals surface area contributed by atoms with E-state index in [-0.39, 0.29) is 0 Å². The lowest BCUT2D eigenvalue weighted by molar-refractivity contribution is 1.23. The number of benzene rings is 1. The molecule has 4 heteroatoms. The molecule has 0 heterocycles. The molecule has 0 saturated heterocycles. The van der Waals surface area contributed by atoms with E-state index >= 15 is 0 Å². The van der Waals surface area contributed by atoms with Gasteiger partial charge in [0.25, 0.3) is 0 Å². The van der Waals surface area contributed by atoms with Gasteiger partial charge in [-0.3, -0.25) is 0 Å². The number of nitrogens with one attached hydrogen (secondary N) is 1. The van der Waals surface area contributed by atoms with Gasteiger partial charge in [-0.1, -0.05) is 41.2 Å². The highest BCUT2D eigenvalue weighted by Crippen LogP contribution is 2.30. The summed E-state index contributed by atoms with van der Waals surface area (Å²) in [5.74, 6) is 0. The van der Waals surface area contributed by atoms with Crippen molar-refractivity contribution in [2.75, 3.05) is 7.05 Å². The van der Waals surface area contributed by atoms with Crippen LogP contribution < -0.4 is 5.32 Å². The quantitative estimate of drug-likeness (QED) is 0.601. The van der Waals surface area contributed by atoms with Crippen molar-refractivity contribution in [1.29, 1.82) is 0 Å². The molecule has 0 fully saturated rings. The Morgan fingerprint density at radius 1 is 1.33 bits per heavy atom. The van der Waals surface area contributed by atoms with Gasteiger partial charge in [0.1, 0.15) is 4.32 Å². The van der Waals surface area contributed by atoms with Gasteiger partial charge in [0.2, 0.25) is 0 Å². The Morgan fingerprint density at radius 3 is 2.58 bits per heavy atom. The molecule has 0 radical (unpaired) electrons. The Balaban J connectivity index is 2.38. The molecule has 0 spiro atoms. The predicted molar refractivity (Wildman–Crippen MR) is 61.5 cm³/mol. The molecule has 0 atom stereocenters.